The molecule has 0 unspecified atom stereocenters. The number of ether oxygens (including phenoxy) is 2. The van der Waals surface area contributed by atoms with E-state index in [1.807, 2.05) is 78.9 Å². The molecule has 0 fully saturated rings. The number of para-hydroxylation sites is 1. The normalized spacial score (nSPS) is 11.8. The Morgan fingerprint density at radius 3 is 0.919 bits per heavy atom. The highest BCUT2D eigenvalue weighted by Gasteiger charge is 2.43. The van der Waals surface area contributed by atoms with Gasteiger partial charge in [0.1, 0.15) is 11.2 Å². The molecular weight excluding hydrogens is 454 g/mol. The molecule has 0 amide bonds. The quantitative estimate of drug-likeness (QED) is 0.188. The largest absolute Gasteiger partial charge is 0.398 e. The van der Waals surface area contributed by atoms with Crippen LogP contribution in [0.5, 0.6) is 0 Å². The van der Waals surface area contributed by atoms with Crippen molar-refractivity contribution in [1.29, 1.82) is 0 Å². The molecule has 0 spiro atoms. The van der Waals surface area contributed by atoms with E-state index in [-0.39, 0.29) is 0 Å². The van der Waals surface area contributed by atoms with Crippen molar-refractivity contribution in [1.82, 2.24) is 0 Å². The van der Waals surface area contributed by atoms with Crippen LogP contribution in [0, 0.1) is 0 Å². The second-order valence-electron chi connectivity index (χ2n) is 9.00. The first-order valence-corrected chi connectivity index (χ1v) is 12.4. The van der Waals surface area contributed by atoms with Crippen LogP contribution in [0.3, 0.4) is 0 Å². The minimum absolute atomic E-state index is 0.617. The number of nitrogen functional groups attached to an aromatic ring is 1. The summed E-state index contributed by atoms with van der Waals surface area (Å²) in [6.07, 6.45) is 0. The minimum Gasteiger partial charge on any atom is -0.398 e. The van der Waals surface area contributed by atoms with Gasteiger partial charge in [0.2, 0.25) is 0 Å². The van der Waals surface area contributed by atoms with Gasteiger partial charge in [0.25, 0.3) is 0 Å². The summed E-state index contributed by atoms with van der Waals surface area (Å²) in [4.78, 5) is 0. The predicted octanol–water partition coefficient (Wildman–Crippen LogP) is 7.15. The fourth-order valence-corrected chi connectivity index (χ4v) is 5.52. The highest BCUT2D eigenvalue weighted by atomic mass is 16.5. The summed E-state index contributed by atoms with van der Waals surface area (Å²) in [5.74, 6) is 0. The lowest BCUT2D eigenvalue weighted by atomic mass is 9.74. The topological polar surface area (TPSA) is 44.5 Å². The van der Waals surface area contributed by atoms with Gasteiger partial charge in [-0.05, 0) is 22.3 Å². The number of methoxy groups -OCH3 is 2. The molecule has 0 saturated carbocycles. The van der Waals surface area contributed by atoms with E-state index in [1.54, 1.807) is 14.2 Å². The van der Waals surface area contributed by atoms with Crippen LogP contribution in [-0.4, -0.2) is 14.2 Å². The standard InChI is InChI=1S/C34H31NO2/c1-36-33(26-16-7-3-8-17-26,27-18-9-4-10-19-27)30-24-15-25-31(32(30)35)34(37-2,28-20-11-5-12-21-28)29-22-13-6-14-23-29/h3-25H,35H2,1-2H3. The Morgan fingerprint density at radius 2 is 0.676 bits per heavy atom. The van der Waals surface area contributed by atoms with Gasteiger partial charge in [-0.25, -0.2) is 0 Å². The van der Waals surface area contributed by atoms with Crippen molar-refractivity contribution in [2.24, 2.45) is 0 Å². The minimum atomic E-state index is -0.921. The van der Waals surface area contributed by atoms with E-state index >= 15 is 0 Å². The second kappa shape index (κ2) is 10.4. The van der Waals surface area contributed by atoms with Crippen molar-refractivity contribution in [3.05, 3.63) is 173 Å². The first-order valence-electron chi connectivity index (χ1n) is 12.4. The molecule has 0 saturated heterocycles. The highest BCUT2D eigenvalue weighted by Crippen LogP contribution is 2.48. The van der Waals surface area contributed by atoms with Crippen LogP contribution in [0.1, 0.15) is 33.4 Å². The zero-order chi connectivity index (χ0) is 25.7. The summed E-state index contributed by atoms with van der Waals surface area (Å²) in [5.41, 5.74) is 11.7. The van der Waals surface area contributed by atoms with E-state index in [0.717, 1.165) is 33.4 Å². The van der Waals surface area contributed by atoms with Gasteiger partial charge in [0.15, 0.2) is 0 Å². The zero-order valence-electron chi connectivity index (χ0n) is 21.2. The van der Waals surface area contributed by atoms with E-state index < -0.39 is 11.2 Å². The third-order valence-electron chi connectivity index (χ3n) is 7.20. The van der Waals surface area contributed by atoms with E-state index in [1.165, 1.54) is 0 Å². The van der Waals surface area contributed by atoms with Crippen molar-refractivity contribution >= 4 is 5.69 Å². The molecular formula is C34H31NO2. The number of hydrogen-bond donors (Lipinski definition) is 1. The first kappa shape index (κ1) is 24.5. The zero-order valence-corrected chi connectivity index (χ0v) is 21.2. The van der Waals surface area contributed by atoms with Crippen LogP contribution in [0.4, 0.5) is 5.69 Å². The van der Waals surface area contributed by atoms with Gasteiger partial charge in [-0.2, -0.15) is 0 Å². The summed E-state index contributed by atoms with van der Waals surface area (Å²) in [6, 6.07) is 47.1. The van der Waals surface area contributed by atoms with Crippen LogP contribution in [-0.2, 0) is 20.7 Å². The SMILES string of the molecule is COC(c1ccccc1)(c1ccccc1)c1cccc(C(OC)(c2ccccc2)c2ccccc2)c1N. The molecule has 5 aromatic rings. The van der Waals surface area contributed by atoms with Crippen LogP contribution < -0.4 is 5.73 Å². The molecule has 0 aromatic heterocycles. The summed E-state index contributed by atoms with van der Waals surface area (Å²) in [6.45, 7) is 0. The van der Waals surface area contributed by atoms with Crippen LogP contribution in [0.2, 0.25) is 0 Å². The molecule has 0 atom stereocenters. The summed E-state index contributed by atoms with van der Waals surface area (Å²) < 4.78 is 12.9. The Bertz CT molecular complexity index is 1250. The van der Waals surface area contributed by atoms with Gasteiger partial charge in [-0.15, -0.1) is 0 Å². The monoisotopic (exact) mass is 485 g/mol. The molecule has 0 aliphatic rings. The Kier molecular flexibility index (Phi) is 6.91. The lowest BCUT2D eigenvalue weighted by Gasteiger charge is -2.39. The Morgan fingerprint density at radius 1 is 0.405 bits per heavy atom. The number of nitrogens with two attached hydrogens (primary N) is 1. The van der Waals surface area contributed by atoms with Gasteiger partial charge in [-0.1, -0.05) is 140 Å². The van der Waals surface area contributed by atoms with E-state index in [9.17, 15) is 0 Å². The molecule has 0 bridgehead atoms. The summed E-state index contributed by atoms with van der Waals surface area (Å²) in [7, 11) is 3.48. The molecule has 0 heterocycles. The predicted molar refractivity (Wildman–Crippen MR) is 150 cm³/mol. The number of rotatable bonds is 8. The molecule has 3 nitrogen and oxygen atoms in total. The maximum Gasteiger partial charge on any atom is 0.145 e. The fraction of sp³-hybridized carbons (Fsp3) is 0.118. The third kappa shape index (κ3) is 4.03. The fourth-order valence-electron chi connectivity index (χ4n) is 5.52. The molecule has 2 N–H and O–H groups in total. The molecule has 5 rings (SSSR count). The average molecular weight is 486 g/mol. The van der Waals surface area contributed by atoms with E-state index in [2.05, 4.69) is 60.7 Å². The van der Waals surface area contributed by atoms with E-state index in [4.69, 9.17) is 15.2 Å². The van der Waals surface area contributed by atoms with Crippen molar-refractivity contribution in [2.75, 3.05) is 20.0 Å². The molecule has 0 aliphatic carbocycles. The Labute approximate surface area is 219 Å². The molecule has 0 radical (unpaired) electrons. The Balaban J connectivity index is 1.85. The number of benzene rings is 5. The lowest BCUT2D eigenvalue weighted by molar-refractivity contribution is 0.0540. The van der Waals surface area contributed by atoms with E-state index in [0.29, 0.717) is 5.69 Å². The highest BCUT2D eigenvalue weighted by molar-refractivity contribution is 5.67. The molecule has 0 aliphatic heterocycles. The number of hydrogen-bond acceptors (Lipinski definition) is 3. The van der Waals surface area contributed by atoms with Gasteiger partial charge < -0.3 is 15.2 Å². The Hall–Kier alpha value is -4.18. The maximum absolute atomic E-state index is 7.20. The summed E-state index contributed by atoms with van der Waals surface area (Å²) in [5, 5.41) is 0. The average Bonchev–Trinajstić information content (AvgIpc) is 2.98. The van der Waals surface area contributed by atoms with Crippen molar-refractivity contribution < 1.29 is 9.47 Å². The van der Waals surface area contributed by atoms with Gasteiger partial charge >= 0.3 is 0 Å². The van der Waals surface area contributed by atoms with Gasteiger partial charge in [0, 0.05) is 31.0 Å². The van der Waals surface area contributed by atoms with Crippen LogP contribution in [0.25, 0.3) is 0 Å². The third-order valence-corrected chi connectivity index (χ3v) is 7.20. The van der Waals surface area contributed by atoms with Crippen molar-refractivity contribution in [3.8, 4) is 0 Å². The smallest absolute Gasteiger partial charge is 0.145 e. The summed E-state index contributed by atoms with van der Waals surface area (Å²) >= 11 is 0. The first-order chi connectivity index (χ1) is 18.2. The van der Waals surface area contributed by atoms with Crippen LogP contribution in [0.15, 0.2) is 140 Å². The molecule has 37 heavy (non-hydrogen) atoms. The van der Waals surface area contributed by atoms with Crippen molar-refractivity contribution in [3.63, 3.8) is 0 Å². The number of anilines is 1. The second-order valence-corrected chi connectivity index (χ2v) is 9.00. The van der Waals surface area contributed by atoms with Crippen molar-refractivity contribution in [2.45, 2.75) is 11.2 Å². The molecule has 5 aromatic carbocycles. The van der Waals surface area contributed by atoms with Gasteiger partial charge in [-0.3, -0.25) is 0 Å². The van der Waals surface area contributed by atoms with Gasteiger partial charge in [0.05, 0.1) is 0 Å². The molecule has 3 heteroatoms. The molecule has 184 valence electrons. The maximum atomic E-state index is 7.20. The lowest BCUT2D eigenvalue weighted by Crippen LogP contribution is -2.36. The van der Waals surface area contributed by atoms with Crippen LogP contribution >= 0.6 is 0 Å².